The van der Waals surface area contributed by atoms with Crippen LogP contribution >= 0.6 is 24.0 Å². The van der Waals surface area contributed by atoms with Crippen LogP contribution in [-0.4, -0.2) is 51.1 Å². The minimum absolute atomic E-state index is 0.174. The Morgan fingerprint density at radius 3 is 2.24 bits per heavy atom. The molecule has 8 nitrogen and oxygen atoms in total. The molecule has 0 radical (unpaired) electrons. The first-order chi connectivity index (χ1) is 20.2. The molecule has 4 rings (SSSR count). The van der Waals surface area contributed by atoms with Crippen molar-refractivity contribution in [2.45, 2.75) is 71.6 Å². The van der Waals surface area contributed by atoms with Crippen LogP contribution in [0, 0.1) is 13.8 Å². The molecule has 0 bridgehead atoms. The zero-order chi connectivity index (χ0) is 30.2. The van der Waals surface area contributed by atoms with E-state index in [1.807, 2.05) is 44.2 Å². The molecule has 2 aromatic rings. The Balaban J connectivity index is 1.36. The van der Waals surface area contributed by atoms with Crippen LogP contribution in [0.15, 0.2) is 47.4 Å². The van der Waals surface area contributed by atoms with Crippen molar-refractivity contribution >= 4 is 68.9 Å². The summed E-state index contributed by atoms with van der Waals surface area (Å²) in [7, 11) is 0. The number of aliphatic carboxylic acids is 1. The molecule has 3 amide bonds. The summed E-state index contributed by atoms with van der Waals surface area (Å²) in [5, 5.41) is 11.6. The first-order valence-electron chi connectivity index (χ1n) is 14.5. The number of thiocarbonyl (C=S) groups is 1. The van der Waals surface area contributed by atoms with Crippen LogP contribution in [0.25, 0.3) is 5.57 Å². The van der Waals surface area contributed by atoms with E-state index in [2.05, 4.69) is 5.32 Å². The Kier molecular flexibility index (Phi) is 10.9. The quantitative estimate of drug-likeness (QED) is 0.144. The number of aryl methyl sites for hydroxylation is 2. The fourth-order valence-corrected chi connectivity index (χ4v) is 6.67. The number of carboxylic acids is 1. The molecular weight excluding hydrogens is 571 g/mol. The highest BCUT2D eigenvalue weighted by Crippen LogP contribution is 2.44. The van der Waals surface area contributed by atoms with E-state index in [4.69, 9.17) is 17.3 Å². The average molecular weight is 608 g/mol. The number of fused-ring (bicyclic) bond motifs is 1. The van der Waals surface area contributed by atoms with Crippen molar-refractivity contribution in [3.05, 3.63) is 64.1 Å². The van der Waals surface area contributed by atoms with Crippen LogP contribution in [0.5, 0.6) is 0 Å². The second-order valence-corrected chi connectivity index (χ2v) is 12.4. The highest BCUT2D eigenvalue weighted by molar-refractivity contribution is 8.26. The van der Waals surface area contributed by atoms with E-state index in [9.17, 15) is 19.2 Å². The molecule has 1 fully saturated rings. The maximum atomic E-state index is 13.7. The molecule has 0 saturated carbocycles. The van der Waals surface area contributed by atoms with Crippen molar-refractivity contribution in [1.29, 1.82) is 0 Å². The molecule has 222 valence electrons. The van der Waals surface area contributed by atoms with E-state index in [0.717, 1.165) is 74.3 Å². The molecule has 42 heavy (non-hydrogen) atoms. The lowest BCUT2D eigenvalue weighted by Crippen LogP contribution is -2.35. The van der Waals surface area contributed by atoms with Gasteiger partial charge in [0, 0.05) is 24.2 Å². The van der Waals surface area contributed by atoms with Gasteiger partial charge >= 0.3 is 5.97 Å². The van der Waals surface area contributed by atoms with Gasteiger partial charge in [-0.1, -0.05) is 98.4 Å². The number of unbranched alkanes of at least 4 members (excludes halogenated alkanes) is 7. The third-order valence-electron chi connectivity index (χ3n) is 7.48. The van der Waals surface area contributed by atoms with E-state index in [1.54, 1.807) is 17.0 Å². The number of carbonyl (C=O) groups is 4. The summed E-state index contributed by atoms with van der Waals surface area (Å²) in [6.45, 7) is 4.23. The maximum Gasteiger partial charge on any atom is 0.303 e. The largest absolute Gasteiger partial charge is 0.481 e. The van der Waals surface area contributed by atoms with Crippen molar-refractivity contribution < 1.29 is 24.3 Å². The van der Waals surface area contributed by atoms with Crippen molar-refractivity contribution in [3.8, 4) is 0 Å². The number of carboxylic acid groups (broad SMARTS) is 1. The predicted molar refractivity (Wildman–Crippen MR) is 171 cm³/mol. The molecule has 0 aromatic heterocycles. The van der Waals surface area contributed by atoms with Gasteiger partial charge < -0.3 is 10.4 Å². The van der Waals surface area contributed by atoms with Crippen LogP contribution in [0.4, 0.5) is 11.4 Å². The first kappa shape index (κ1) is 31.4. The fourth-order valence-electron chi connectivity index (χ4n) is 5.29. The van der Waals surface area contributed by atoms with Gasteiger partial charge in [0.05, 0.1) is 16.2 Å². The molecule has 1 saturated heterocycles. The van der Waals surface area contributed by atoms with Gasteiger partial charge in [0.2, 0.25) is 5.91 Å². The number of rotatable bonds is 14. The standard InChI is InChI=1S/C32H37N3O5S2/c1-21-16-17-24(22(2)19-21)33-26(36)20-35-25-14-11-10-13-23(25)28(30(35)39)29-31(40)34(32(41)42-29)18-12-8-6-4-3-5-7-9-15-27(37)38/h10-11,13-14,16-17,19H,3-9,12,15,18,20H2,1-2H3,(H,33,36)(H,37,38)/b29-28-. The number of thioether (sulfide) groups is 1. The fraction of sp³-hybridized carbons (Fsp3) is 0.406. The topological polar surface area (TPSA) is 107 Å². The highest BCUT2D eigenvalue weighted by Gasteiger charge is 2.42. The maximum absolute atomic E-state index is 13.7. The van der Waals surface area contributed by atoms with E-state index < -0.39 is 5.97 Å². The second kappa shape index (κ2) is 14.6. The van der Waals surface area contributed by atoms with Crippen LogP contribution in [0.2, 0.25) is 0 Å². The van der Waals surface area contributed by atoms with Crippen molar-refractivity contribution in [1.82, 2.24) is 4.90 Å². The minimum Gasteiger partial charge on any atom is -0.481 e. The number of nitrogens with one attached hydrogen (secondary N) is 1. The molecule has 2 heterocycles. The summed E-state index contributed by atoms with van der Waals surface area (Å²) in [4.78, 5) is 54.1. The highest BCUT2D eigenvalue weighted by atomic mass is 32.2. The number of hydrogen-bond donors (Lipinski definition) is 2. The minimum atomic E-state index is -0.739. The van der Waals surface area contributed by atoms with Gasteiger partial charge in [-0.25, -0.2) is 0 Å². The molecule has 0 atom stereocenters. The Morgan fingerprint density at radius 2 is 1.55 bits per heavy atom. The van der Waals surface area contributed by atoms with Crippen molar-refractivity contribution in [2.75, 3.05) is 23.3 Å². The summed E-state index contributed by atoms with van der Waals surface area (Å²) in [6.07, 6.45) is 7.90. The Bertz CT molecular complexity index is 1420. The zero-order valence-corrected chi connectivity index (χ0v) is 25.7. The van der Waals surface area contributed by atoms with Crippen LogP contribution in [0.3, 0.4) is 0 Å². The summed E-state index contributed by atoms with van der Waals surface area (Å²) >= 11 is 6.69. The van der Waals surface area contributed by atoms with Crippen molar-refractivity contribution in [3.63, 3.8) is 0 Å². The molecule has 2 aromatic carbocycles. The summed E-state index contributed by atoms with van der Waals surface area (Å²) in [6, 6.07) is 13.0. The van der Waals surface area contributed by atoms with Crippen LogP contribution in [-0.2, 0) is 19.2 Å². The molecule has 2 aliphatic heterocycles. The smallest absolute Gasteiger partial charge is 0.303 e. The summed E-state index contributed by atoms with van der Waals surface area (Å²) in [5.74, 6) is -1.70. The summed E-state index contributed by atoms with van der Waals surface area (Å²) < 4.78 is 0.442. The molecular formula is C32H37N3O5S2. The van der Waals surface area contributed by atoms with E-state index in [-0.39, 0.29) is 30.7 Å². The van der Waals surface area contributed by atoms with Crippen LogP contribution < -0.4 is 10.2 Å². The van der Waals surface area contributed by atoms with Gasteiger partial charge in [-0.05, 0) is 44.4 Å². The number of nitrogens with zero attached hydrogens (tertiary/aromatic N) is 2. The van der Waals surface area contributed by atoms with Gasteiger partial charge in [0.25, 0.3) is 11.8 Å². The number of benzene rings is 2. The second-order valence-electron chi connectivity index (χ2n) is 10.8. The lowest BCUT2D eigenvalue weighted by Gasteiger charge is -2.17. The summed E-state index contributed by atoms with van der Waals surface area (Å²) in [5.41, 5.74) is 4.26. The van der Waals surface area contributed by atoms with Gasteiger partial charge in [-0.2, -0.15) is 0 Å². The normalized spacial score (nSPS) is 16.4. The molecule has 2 N–H and O–H groups in total. The first-order valence-corrected chi connectivity index (χ1v) is 15.7. The number of anilines is 2. The van der Waals surface area contributed by atoms with Gasteiger partial charge in [0.1, 0.15) is 10.9 Å². The number of para-hydroxylation sites is 1. The number of hydrogen-bond acceptors (Lipinski definition) is 6. The average Bonchev–Trinajstić information content (AvgIpc) is 3.37. The Labute approximate surface area is 256 Å². The molecule has 10 heteroatoms. The lowest BCUT2D eigenvalue weighted by atomic mass is 10.1. The van der Waals surface area contributed by atoms with E-state index in [0.29, 0.717) is 38.3 Å². The van der Waals surface area contributed by atoms with Crippen LogP contribution in [0.1, 0.15) is 74.5 Å². The van der Waals surface area contributed by atoms with Gasteiger partial charge in [-0.3, -0.25) is 29.0 Å². The van der Waals surface area contributed by atoms with Crippen molar-refractivity contribution in [2.24, 2.45) is 0 Å². The monoisotopic (exact) mass is 607 g/mol. The third kappa shape index (κ3) is 7.66. The van der Waals surface area contributed by atoms with E-state index in [1.165, 1.54) is 4.90 Å². The predicted octanol–water partition coefficient (Wildman–Crippen LogP) is 6.46. The SMILES string of the molecule is Cc1ccc(NC(=O)CN2C(=O)/C(=C3\SC(=S)N(CCCCCCCCCCC(=O)O)C3=O)c3ccccc32)c(C)c1. The lowest BCUT2D eigenvalue weighted by molar-refractivity contribution is -0.137. The number of amides is 3. The molecule has 0 unspecified atom stereocenters. The number of carbonyl (C=O) groups excluding carboxylic acids is 3. The van der Waals surface area contributed by atoms with Gasteiger partial charge in [-0.15, -0.1) is 0 Å². The van der Waals surface area contributed by atoms with Gasteiger partial charge in [0.15, 0.2) is 0 Å². The Hall–Kier alpha value is -3.50. The zero-order valence-electron chi connectivity index (χ0n) is 24.1. The Morgan fingerprint density at radius 1 is 0.881 bits per heavy atom. The van der Waals surface area contributed by atoms with E-state index >= 15 is 0 Å². The third-order valence-corrected chi connectivity index (χ3v) is 8.93. The molecule has 2 aliphatic rings. The molecule has 0 spiro atoms. The molecule has 0 aliphatic carbocycles.